The highest BCUT2D eigenvalue weighted by atomic mass is 79.9. The van der Waals surface area contributed by atoms with Crippen molar-refractivity contribution in [2.75, 3.05) is 6.54 Å². The Kier molecular flexibility index (Phi) is 3.72. The van der Waals surface area contributed by atoms with Crippen LogP contribution in [0.3, 0.4) is 0 Å². The Hall–Kier alpha value is -1.64. The largest absolute Gasteiger partial charge is 0.433 e. The van der Waals surface area contributed by atoms with E-state index in [0.717, 1.165) is 6.07 Å². The zero-order chi connectivity index (χ0) is 15.1. The minimum atomic E-state index is -4.59. The second-order valence-electron chi connectivity index (χ2n) is 4.04. The molecule has 2 rings (SSSR count). The number of hydrogen-bond donors (Lipinski definition) is 1. The SMILES string of the molecule is CCNC(=O)c1nn2c(C(F)(F)F)cc(C)nc2c1Br. The highest BCUT2D eigenvalue weighted by Gasteiger charge is 2.36. The molecule has 108 valence electrons. The van der Waals surface area contributed by atoms with Crippen LogP contribution in [0, 0.1) is 6.92 Å². The smallest absolute Gasteiger partial charge is 0.351 e. The summed E-state index contributed by atoms with van der Waals surface area (Å²) in [4.78, 5) is 15.7. The van der Waals surface area contributed by atoms with Gasteiger partial charge in [0.25, 0.3) is 5.91 Å². The van der Waals surface area contributed by atoms with Crippen molar-refractivity contribution < 1.29 is 18.0 Å². The Morgan fingerprint density at radius 2 is 2.15 bits per heavy atom. The van der Waals surface area contributed by atoms with E-state index in [2.05, 4.69) is 31.3 Å². The van der Waals surface area contributed by atoms with E-state index in [0.29, 0.717) is 11.1 Å². The van der Waals surface area contributed by atoms with Gasteiger partial charge in [-0.2, -0.15) is 18.3 Å². The first-order chi connectivity index (χ1) is 9.25. The average molecular weight is 351 g/mol. The van der Waals surface area contributed by atoms with Crippen molar-refractivity contribution in [1.82, 2.24) is 19.9 Å². The molecule has 2 aromatic rings. The van der Waals surface area contributed by atoms with Gasteiger partial charge in [-0.15, -0.1) is 0 Å². The van der Waals surface area contributed by atoms with Crippen molar-refractivity contribution >= 4 is 27.5 Å². The molecular weight excluding hydrogens is 341 g/mol. The van der Waals surface area contributed by atoms with Gasteiger partial charge in [0.2, 0.25) is 0 Å². The molecule has 2 aromatic heterocycles. The van der Waals surface area contributed by atoms with Crippen LogP contribution in [0.5, 0.6) is 0 Å². The van der Waals surface area contributed by atoms with Gasteiger partial charge in [-0.05, 0) is 35.8 Å². The summed E-state index contributed by atoms with van der Waals surface area (Å²) >= 11 is 3.08. The molecule has 9 heteroatoms. The fraction of sp³-hybridized carbons (Fsp3) is 0.364. The number of halogens is 4. The third-order valence-electron chi connectivity index (χ3n) is 2.50. The van der Waals surface area contributed by atoms with Crippen LogP contribution in [0.15, 0.2) is 10.5 Å². The Morgan fingerprint density at radius 3 is 2.70 bits per heavy atom. The molecule has 0 unspecified atom stereocenters. The molecule has 0 aliphatic rings. The van der Waals surface area contributed by atoms with E-state index in [1.54, 1.807) is 6.92 Å². The number of hydrogen-bond acceptors (Lipinski definition) is 3. The third kappa shape index (κ3) is 2.49. The molecular formula is C11H10BrF3N4O. The Labute approximate surface area is 120 Å². The Bertz CT molecular complexity index is 680. The summed E-state index contributed by atoms with van der Waals surface area (Å²) in [6.07, 6.45) is -4.59. The molecule has 0 aromatic carbocycles. The van der Waals surface area contributed by atoms with Crippen LogP contribution < -0.4 is 5.32 Å². The van der Waals surface area contributed by atoms with E-state index in [-0.39, 0.29) is 21.5 Å². The van der Waals surface area contributed by atoms with E-state index >= 15 is 0 Å². The molecule has 20 heavy (non-hydrogen) atoms. The monoisotopic (exact) mass is 350 g/mol. The number of aryl methyl sites for hydroxylation is 1. The van der Waals surface area contributed by atoms with Gasteiger partial charge in [-0.25, -0.2) is 9.50 Å². The minimum absolute atomic E-state index is 0.0430. The molecule has 2 heterocycles. The molecule has 1 amide bonds. The lowest BCUT2D eigenvalue weighted by atomic mass is 10.3. The summed E-state index contributed by atoms with van der Waals surface area (Å²) in [6, 6.07) is 0.883. The van der Waals surface area contributed by atoms with Gasteiger partial charge in [0.05, 0.1) is 4.47 Å². The number of amides is 1. The molecule has 0 aliphatic carbocycles. The molecule has 1 N–H and O–H groups in total. The van der Waals surface area contributed by atoms with Crippen molar-refractivity contribution in [2.45, 2.75) is 20.0 Å². The van der Waals surface area contributed by atoms with Gasteiger partial charge in [0.1, 0.15) is 5.69 Å². The summed E-state index contributed by atoms with van der Waals surface area (Å²) in [6.45, 7) is 3.49. The number of nitrogens with zero attached hydrogens (tertiary/aromatic N) is 3. The van der Waals surface area contributed by atoms with Crippen LogP contribution in [-0.2, 0) is 6.18 Å². The predicted octanol–water partition coefficient (Wildman–Crippen LogP) is 2.57. The first-order valence-corrected chi connectivity index (χ1v) is 6.46. The van der Waals surface area contributed by atoms with Gasteiger partial charge in [0.15, 0.2) is 11.3 Å². The van der Waals surface area contributed by atoms with Gasteiger partial charge < -0.3 is 5.32 Å². The van der Waals surface area contributed by atoms with E-state index in [1.807, 2.05) is 0 Å². The molecule has 0 atom stereocenters. The van der Waals surface area contributed by atoms with Crippen LogP contribution in [0.1, 0.15) is 28.8 Å². The minimum Gasteiger partial charge on any atom is -0.351 e. The van der Waals surface area contributed by atoms with Gasteiger partial charge >= 0.3 is 6.18 Å². The fourth-order valence-corrected chi connectivity index (χ4v) is 2.22. The topological polar surface area (TPSA) is 59.3 Å². The maximum absolute atomic E-state index is 13.0. The standard InChI is InChI=1S/C11H10BrF3N4O/c1-3-16-10(20)8-7(12)9-17-5(2)4-6(11(13,14)15)19(9)18-8/h4H,3H2,1-2H3,(H,16,20). The second kappa shape index (κ2) is 5.04. The summed E-state index contributed by atoms with van der Waals surface area (Å²) in [7, 11) is 0. The lowest BCUT2D eigenvalue weighted by molar-refractivity contribution is -0.142. The number of alkyl halides is 3. The van der Waals surface area contributed by atoms with Gasteiger partial charge in [-0.3, -0.25) is 4.79 Å². The highest BCUT2D eigenvalue weighted by molar-refractivity contribution is 9.10. The third-order valence-corrected chi connectivity index (χ3v) is 3.23. The highest BCUT2D eigenvalue weighted by Crippen LogP contribution is 2.32. The van der Waals surface area contributed by atoms with E-state index in [4.69, 9.17) is 0 Å². The summed E-state index contributed by atoms with van der Waals surface area (Å²) in [5, 5.41) is 6.20. The summed E-state index contributed by atoms with van der Waals surface area (Å²) < 4.78 is 39.7. The van der Waals surface area contributed by atoms with Crippen molar-refractivity contribution in [3.05, 3.63) is 27.6 Å². The van der Waals surface area contributed by atoms with Crippen LogP contribution in [0.2, 0.25) is 0 Å². The van der Waals surface area contributed by atoms with Crippen LogP contribution in [0.25, 0.3) is 5.65 Å². The lowest BCUT2D eigenvalue weighted by Gasteiger charge is -2.09. The number of aromatic nitrogens is 3. The van der Waals surface area contributed by atoms with E-state index < -0.39 is 17.8 Å². The van der Waals surface area contributed by atoms with Gasteiger partial charge in [-0.1, -0.05) is 0 Å². The fourth-order valence-electron chi connectivity index (χ4n) is 1.70. The number of carbonyl (C=O) groups excluding carboxylic acids is 1. The summed E-state index contributed by atoms with van der Waals surface area (Å²) in [5.41, 5.74) is -0.960. The zero-order valence-corrected chi connectivity index (χ0v) is 12.1. The van der Waals surface area contributed by atoms with E-state index in [1.165, 1.54) is 6.92 Å². The molecule has 0 spiro atoms. The summed E-state index contributed by atoms with van der Waals surface area (Å²) in [5.74, 6) is -0.560. The van der Waals surface area contributed by atoms with Crippen molar-refractivity contribution in [2.24, 2.45) is 0 Å². The van der Waals surface area contributed by atoms with E-state index in [9.17, 15) is 18.0 Å². The maximum Gasteiger partial charge on any atom is 0.433 e. The van der Waals surface area contributed by atoms with Crippen molar-refractivity contribution in [3.63, 3.8) is 0 Å². The number of rotatable bonds is 2. The van der Waals surface area contributed by atoms with Crippen LogP contribution in [-0.4, -0.2) is 27.0 Å². The molecule has 0 radical (unpaired) electrons. The van der Waals surface area contributed by atoms with Crippen LogP contribution in [0.4, 0.5) is 13.2 Å². The molecule has 0 bridgehead atoms. The van der Waals surface area contributed by atoms with Crippen molar-refractivity contribution in [1.29, 1.82) is 0 Å². The number of carbonyl (C=O) groups is 1. The van der Waals surface area contributed by atoms with Gasteiger partial charge in [0, 0.05) is 12.2 Å². The quantitative estimate of drug-likeness (QED) is 0.905. The first-order valence-electron chi connectivity index (χ1n) is 5.67. The molecule has 0 saturated carbocycles. The Balaban J connectivity index is 2.73. The predicted molar refractivity (Wildman–Crippen MR) is 68.4 cm³/mol. The number of nitrogens with one attached hydrogen (secondary N) is 1. The molecule has 0 fully saturated rings. The average Bonchev–Trinajstić information content (AvgIpc) is 2.65. The molecule has 0 aliphatic heterocycles. The first kappa shape index (κ1) is 14.8. The van der Waals surface area contributed by atoms with Crippen molar-refractivity contribution in [3.8, 4) is 0 Å². The Morgan fingerprint density at radius 1 is 1.50 bits per heavy atom. The molecule has 5 nitrogen and oxygen atoms in total. The normalized spacial score (nSPS) is 11.9. The molecule has 0 saturated heterocycles. The number of fused-ring (bicyclic) bond motifs is 1. The maximum atomic E-state index is 13.0. The lowest BCUT2D eigenvalue weighted by Crippen LogP contribution is -2.23. The van der Waals surface area contributed by atoms with Crippen LogP contribution >= 0.6 is 15.9 Å². The second-order valence-corrected chi connectivity index (χ2v) is 4.83. The zero-order valence-electron chi connectivity index (χ0n) is 10.5.